The number of hydrogen-bond acceptors (Lipinski definition) is 6. The molecular formula is C37H32N4O5S2. The highest BCUT2D eigenvalue weighted by Crippen LogP contribution is 2.27. The van der Waals surface area contributed by atoms with Crippen LogP contribution in [0.1, 0.15) is 22.8 Å². The third-order valence-electron chi connectivity index (χ3n) is 7.08. The molecule has 0 saturated heterocycles. The molecule has 0 bridgehead atoms. The van der Waals surface area contributed by atoms with Crippen LogP contribution in [0, 0.1) is 0 Å². The van der Waals surface area contributed by atoms with Gasteiger partial charge in [0, 0.05) is 21.8 Å². The Kier molecular flexibility index (Phi) is 10.9. The number of primary sulfonamides is 1. The van der Waals surface area contributed by atoms with Gasteiger partial charge >= 0.3 is 0 Å². The first-order valence-corrected chi connectivity index (χ1v) is 17.2. The molecule has 0 aliphatic heterocycles. The molecule has 242 valence electrons. The molecule has 5 aromatic carbocycles. The highest BCUT2D eigenvalue weighted by atomic mass is 32.2. The molecule has 1 unspecified atom stereocenters. The van der Waals surface area contributed by atoms with E-state index in [1.807, 2.05) is 60.7 Å². The van der Waals surface area contributed by atoms with Crippen molar-refractivity contribution >= 4 is 57.0 Å². The van der Waals surface area contributed by atoms with Crippen LogP contribution in [-0.2, 0) is 19.6 Å². The molecule has 0 spiro atoms. The number of nitrogens with two attached hydrogens (primary N) is 1. The van der Waals surface area contributed by atoms with E-state index in [9.17, 15) is 22.8 Å². The van der Waals surface area contributed by atoms with E-state index < -0.39 is 27.1 Å². The Labute approximate surface area is 283 Å². The normalized spacial score (nSPS) is 12.1. The molecule has 0 aliphatic rings. The summed E-state index contributed by atoms with van der Waals surface area (Å²) in [7, 11) is -3.84. The summed E-state index contributed by atoms with van der Waals surface area (Å²) in [6.45, 7) is 1.73. The number of rotatable bonds is 11. The highest BCUT2D eigenvalue weighted by molar-refractivity contribution is 8.00. The van der Waals surface area contributed by atoms with Crippen molar-refractivity contribution in [2.45, 2.75) is 22.0 Å². The zero-order valence-electron chi connectivity index (χ0n) is 25.8. The number of anilines is 2. The van der Waals surface area contributed by atoms with Crippen LogP contribution in [0.4, 0.5) is 11.4 Å². The molecule has 9 nitrogen and oxygen atoms in total. The molecule has 48 heavy (non-hydrogen) atoms. The molecule has 0 heterocycles. The largest absolute Gasteiger partial charge is 0.325 e. The average Bonchev–Trinajstić information content (AvgIpc) is 3.09. The fourth-order valence-electron chi connectivity index (χ4n) is 4.59. The Balaban J connectivity index is 1.29. The van der Waals surface area contributed by atoms with Crippen molar-refractivity contribution in [1.29, 1.82) is 0 Å². The van der Waals surface area contributed by atoms with Crippen LogP contribution in [0.5, 0.6) is 0 Å². The first-order chi connectivity index (χ1) is 23.0. The van der Waals surface area contributed by atoms with E-state index in [-0.39, 0.29) is 16.5 Å². The van der Waals surface area contributed by atoms with E-state index in [1.54, 1.807) is 61.5 Å². The summed E-state index contributed by atoms with van der Waals surface area (Å²) in [5.41, 5.74) is 4.15. The van der Waals surface area contributed by atoms with Gasteiger partial charge in [-0.2, -0.15) is 0 Å². The average molecular weight is 677 g/mol. The maximum absolute atomic E-state index is 13.6. The second-order valence-corrected chi connectivity index (χ2v) is 13.6. The third-order valence-corrected chi connectivity index (χ3v) is 9.10. The van der Waals surface area contributed by atoms with Gasteiger partial charge in [-0.25, -0.2) is 13.6 Å². The third kappa shape index (κ3) is 9.29. The summed E-state index contributed by atoms with van der Waals surface area (Å²) in [4.78, 5) is 40.2. The van der Waals surface area contributed by atoms with Gasteiger partial charge in [0.1, 0.15) is 5.70 Å². The number of nitrogens with one attached hydrogen (secondary N) is 3. The van der Waals surface area contributed by atoms with E-state index in [1.165, 1.54) is 36.0 Å². The highest BCUT2D eigenvalue weighted by Gasteiger charge is 2.18. The van der Waals surface area contributed by atoms with Gasteiger partial charge in [-0.3, -0.25) is 14.4 Å². The summed E-state index contributed by atoms with van der Waals surface area (Å²) in [5.74, 6) is -1.26. The number of sulfonamides is 1. The van der Waals surface area contributed by atoms with E-state index in [0.717, 1.165) is 21.6 Å². The Hall–Kier alpha value is -5.49. The zero-order valence-corrected chi connectivity index (χ0v) is 27.4. The smallest absolute Gasteiger partial charge is 0.272 e. The lowest BCUT2D eigenvalue weighted by molar-refractivity contribution is -0.115. The fourth-order valence-corrected chi connectivity index (χ4v) is 6.03. The monoisotopic (exact) mass is 676 g/mol. The molecular weight excluding hydrogens is 645 g/mol. The number of thioether (sulfide) groups is 1. The van der Waals surface area contributed by atoms with Gasteiger partial charge in [-0.05, 0) is 84.3 Å². The Bertz CT molecular complexity index is 2050. The minimum atomic E-state index is -3.84. The van der Waals surface area contributed by atoms with Gasteiger partial charge in [0.25, 0.3) is 11.8 Å². The minimum Gasteiger partial charge on any atom is -0.325 e. The maximum atomic E-state index is 13.6. The molecule has 0 fully saturated rings. The van der Waals surface area contributed by atoms with Gasteiger partial charge in [0.05, 0.1) is 10.1 Å². The fraction of sp³-hybridized carbons (Fsp3) is 0.0541. The van der Waals surface area contributed by atoms with Crippen molar-refractivity contribution in [2.24, 2.45) is 5.14 Å². The second kappa shape index (κ2) is 15.4. The van der Waals surface area contributed by atoms with Crippen LogP contribution >= 0.6 is 11.8 Å². The molecule has 0 saturated carbocycles. The molecule has 0 radical (unpaired) electrons. The number of hydrogen-bond donors (Lipinski definition) is 4. The van der Waals surface area contributed by atoms with E-state index in [4.69, 9.17) is 5.14 Å². The summed E-state index contributed by atoms with van der Waals surface area (Å²) >= 11 is 1.27. The number of carbonyl (C=O) groups is 3. The van der Waals surface area contributed by atoms with Crippen molar-refractivity contribution in [3.63, 3.8) is 0 Å². The van der Waals surface area contributed by atoms with Gasteiger partial charge < -0.3 is 16.0 Å². The Morgan fingerprint density at radius 1 is 0.708 bits per heavy atom. The van der Waals surface area contributed by atoms with Crippen LogP contribution < -0.4 is 21.1 Å². The molecule has 3 amide bonds. The van der Waals surface area contributed by atoms with Crippen LogP contribution in [0.25, 0.3) is 17.2 Å². The summed E-state index contributed by atoms with van der Waals surface area (Å²) < 4.78 is 23.0. The van der Waals surface area contributed by atoms with Crippen LogP contribution in [-0.4, -0.2) is 31.4 Å². The summed E-state index contributed by atoms with van der Waals surface area (Å²) in [6.07, 6.45) is 1.62. The number of amides is 3. The van der Waals surface area contributed by atoms with Gasteiger partial charge in [-0.15, -0.1) is 11.8 Å². The Morgan fingerprint density at radius 3 is 1.98 bits per heavy atom. The lowest BCUT2D eigenvalue weighted by atomic mass is 10.0. The topological polar surface area (TPSA) is 147 Å². The summed E-state index contributed by atoms with van der Waals surface area (Å²) in [5, 5.41) is 13.0. The van der Waals surface area contributed by atoms with Crippen molar-refractivity contribution < 1.29 is 22.8 Å². The van der Waals surface area contributed by atoms with Crippen LogP contribution in [0.15, 0.2) is 149 Å². The van der Waals surface area contributed by atoms with Crippen molar-refractivity contribution in [1.82, 2.24) is 5.32 Å². The minimum absolute atomic E-state index is 0.0515. The van der Waals surface area contributed by atoms with Crippen LogP contribution in [0.3, 0.4) is 0 Å². The number of benzene rings is 5. The first-order valence-electron chi connectivity index (χ1n) is 14.8. The van der Waals surface area contributed by atoms with Crippen molar-refractivity contribution in [3.05, 3.63) is 150 Å². The predicted molar refractivity (Wildman–Crippen MR) is 191 cm³/mol. The molecule has 1 atom stereocenters. The second-order valence-electron chi connectivity index (χ2n) is 10.7. The van der Waals surface area contributed by atoms with Crippen LogP contribution in [0.2, 0.25) is 0 Å². The molecule has 0 aromatic heterocycles. The van der Waals surface area contributed by atoms with Gasteiger partial charge in [-0.1, -0.05) is 78.9 Å². The van der Waals surface area contributed by atoms with E-state index >= 15 is 0 Å². The molecule has 0 aliphatic carbocycles. The number of carbonyl (C=O) groups excluding carboxylic acids is 3. The molecule has 11 heteroatoms. The Morgan fingerprint density at radius 2 is 1.33 bits per heavy atom. The first kappa shape index (κ1) is 33.9. The van der Waals surface area contributed by atoms with Gasteiger partial charge in [0.15, 0.2) is 0 Å². The van der Waals surface area contributed by atoms with Gasteiger partial charge in [0.2, 0.25) is 15.9 Å². The standard InChI is InChI=1S/C37H32N4O5S2/c1-25(35(42)39-30-19-21-33(22-20-30)48(38,45)46)47-32-14-8-13-31(24-32)40-37(44)34(41-36(43)29-11-6-3-7-12-29)23-26-15-17-28(18-16-26)27-9-4-2-5-10-27/h2-25H,1H3,(H,39,42)(H,40,44)(H,41,43)(H2,38,45,46)/b34-23+. The molecule has 5 aromatic rings. The SMILES string of the molecule is CC(Sc1cccc(NC(=O)/C(=C\c2ccc(-c3ccccc3)cc2)NC(=O)c2ccccc2)c1)C(=O)Nc1ccc(S(N)(=O)=O)cc1. The maximum Gasteiger partial charge on any atom is 0.272 e. The molecule has 5 rings (SSSR count). The lowest BCUT2D eigenvalue weighted by Crippen LogP contribution is -2.30. The summed E-state index contributed by atoms with van der Waals surface area (Å²) in [6, 6.07) is 38.8. The predicted octanol–water partition coefficient (Wildman–Crippen LogP) is 6.53. The quantitative estimate of drug-likeness (QED) is 0.0924. The van der Waals surface area contributed by atoms with Crippen molar-refractivity contribution in [2.75, 3.05) is 10.6 Å². The molecule has 5 N–H and O–H groups in total. The van der Waals surface area contributed by atoms with E-state index in [2.05, 4.69) is 16.0 Å². The lowest BCUT2D eigenvalue weighted by Gasteiger charge is -2.14. The van der Waals surface area contributed by atoms with E-state index in [0.29, 0.717) is 16.9 Å². The zero-order chi connectivity index (χ0) is 34.1. The van der Waals surface area contributed by atoms with Crippen molar-refractivity contribution in [3.8, 4) is 11.1 Å².